The van der Waals surface area contributed by atoms with Crippen LogP contribution >= 0.6 is 0 Å². The molecule has 2 aromatic rings. The number of quaternary nitrogens is 1. The van der Waals surface area contributed by atoms with Crippen molar-refractivity contribution in [2.24, 2.45) is 0 Å². The lowest BCUT2D eigenvalue weighted by molar-refractivity contribution is -0.909. The van der Waals surface area contributed by atoms with Crippen molar-refractivity contribution in [3.63, 3.8) is 0 Å². The van der Waals surface area contributed by atoms with E-state index in [-0.39, 0.29) is 11.7 Å². The van der Waals surface area contributed by atoms with E-state index in [1.54, 1.807) is 15.5 Å². The number of carbonyl (C=O) groups excluding carboxylic acids is 1. The molecule has 1 aromatic heterocycles. The molecule has 0 radical (unpaired) electrons. The largest absolute Gasteiger partial charge is 0.419 e. The maximum absolute atomic E-state index is 12.0. The van der Waals surface area contributed by atoms with Crippen LogP contribution in [0.15, 0.2) is 33.5 Å². The zero-order valence-corrected chi connectivity index (χ0v) is 14.2. The van der Waals surface area contributed by atoms with Crippen LogP contribution in [-0.4, -0.2) is 36.2 Å². The molecular formula is C18H26N3O3+. The predicted molar refractivity (Wildman–Crippen MR) is 92.1 cm³/mol. The topological polar surface area (TPSA) is 68.7 Å². The van der Waals surface area contributed by atoms with E-state index >= 15 is 0 Å². The first-order chi connectivity index (χ1) is 11.7. The van der Waals surface area contributed by atoms with Gasteiger partial charge >= 0.3 is 5.76 Å². The van der Waals surface area contributed by atoms with Crippen molar-refractivity contribution in [1.29, 1.82) is 0 Å². The van der Waals surface area contributed by atoms with Crippen LogP contribution < -0.4 is 16.0 Å². The Kier molecular flexibility index (Phi) is 5.35. The third-order valence-electron chi connectivity index (χ3n) is 4.99. The van der Waals surface area contributed by atoms with Crippen LogP contribution in [0.25, 0.3) is 11.1 Å². The van der Waals surface area contributed by atoms with Crippen molar-refractivity contribution in [3.05, 3.63) is 34.8 Å². The summed E-state index contributed by atoms with van der Waals surface area (Å²) in [6.07, 6.45) is 3.50. The standard InChI is InChI=1S/C18H25N3O3/c1-2-20-11-5-7-14(20)13-19-17(22)10-6-12-21-15-8-3-4-9-16(15)24-18(21)23/h3-4,8-9,14H,2,5-7,10-13H2,1H3,(H,19,22)/p+1/t14-/m0/s1. The molecule has 0 spiro atoms. The summed E-state index contributed by atoms with van der Waals surface area (Å²) < 4.78 is 6.80. The molecule has 1 aliphatic rings. The lowest BCUT2D eigenvalue weighted by Gasteiger charge is -2.20. The molecule has 0 saturated carbocycles. The third kappa shape index (κ3) is 3.70. The number of nitrogens with one attached hydrogen (secondary N) is 2. The smallest absolute Gasteiger partial charge is 0.408 e. The molecule has 2 heterocycles. The number of hydrogen-bond donors (Lipinski definition) is 2. The summed E-state index contributed by atoms with van der Waals surface area (Å²) in [6.45, 7) is 5.79. The third-order valence-corrected chi connectivity index (χ3v) is 4.99. The Morgan fingerprint density at radius 3 is 3.08 bits per heavy atom. The molecule has 3 rings (SSSR count). The van der Waals surface area contributed by atoms with E-state index in [0.717, 1.165) is 18.6 Å². The van der Waals surface area contributed by atoms with Gasteiger partial charge in [0.25, 0.3) is 0 Å². The van der Waals surface area contributed by atoms with Crippen molar-refractivity contribution in [1.82, 2.24) is 9.88 Å². The average Bonchev–Trinajstić information content (AvgIpc) is 3.17. The highest BCUT2D eigenvalue weighted by molar-refractivity contribution is 5.76. The molecule has 6 nitrogen and oxygen atoms in total. The van der Waals surface area contributed by atoms with Gasteiger partial charge in [-0.1, -0.05) is 12.1 Å². The van der Waals surface area contributed by atoms with E-state index in [4.69, 9.17) is 4.42 Å². The zero-order valence-electron chi connectivity index (χ0n) is 14.2. The Bertz CT molecular complexity index is 749. The van der Waals surface area contributed by atoms with Gasteiger partial charge in [0.05, 0.1) is 25.2 Å². The second kappa shape index (κ2) is 7.66. The van der Waals surface area contributed by atoms with Gasteiger partial charge in [0.1, 0.15) is 6.04 Å². The normalized spacial score (nSPS) is 20.5. The van der Waals surface area contributed by atoms with E-state index < -0.39 is 0 Å². The molecule has 1 unspecified atom stereocenters. The minimum Gasteiger partial charge on any atom is -0.408 e. The number of hydrogen-bond acceptors (Lipinski definition) is 3. The Hall–Kier alpha value is -2.08. The molecule has 2 N–H and O–H groups in total. The van der Waals surface area contributed by atoms with Gasteiger partial charge in [-0.15, -0.1) is 0 Å². The molecule has 0 bridgehead atoms. The lowest BCUT2D eigenvalue weighted by atomic mass is 10.2. The van der Waals surface area contributed by atoms with Crippen molar-refractivity contribution >= 4 is 17.0 Å². The summed E-state index contributed by atoms with van der Waals surface area (Å²) >= 11 is 0. The number of nitrogens with zero attached hydrogens (tertiary/aromatic N) is 1. The number of oxazole rings is 1. The fourth-order valence-electron chi connectivity index (χ4n) is 3.64. The second-order valence-corrected chi connectivity index (χ2v) is 6.50. The number of aryl methyl sites for hydroxylation is 1. The molecule has 1 fully saturated rings. The van der Waals surface area contributed by atoms with E-state index in [2.05, 4.69) is 12.2 Å². The first-order valence-corrected chi connectivity index (χ1v) is 8.88. The number of amides is 1. The molecule has 24 heavy (non-hydrogen) atoms. The summed E-state index contributed by atoms with van der Waals surface area (Å²) in [5.74, 6) is -0.289. The summed E-state index contributed by atoms with van der Waals surface area (Å²) in [7, 11) is 0. The number of fused-ring (bicyclic) bond motifs is 1. The summed E-state index contributed by atoms with van der Waals surface area (Å²) in [5.41, 5.74) is 1.38. The fraction of sp³-hybridized carbons (Fsp3) is 0.556. The number of rotatable bonds is 7. The van der Waals surface area contributed by atoms with Crippen LogP contribution in [0, 0.1) is 0 Å². The van der Waals surface area contributed by atoms with Gasteiger partial charge in [0.15, 0.2) is 5.58 Å². The molecule has 1 amide bonds. The van der Waals surface area contributed by atoms with Crippen LogP contribution in [0.2, 0.25) is 0 Å². The zero-order chi connectivity index (χ0) is 16.9. The predicted octanol–water partition coefficient (Wildman–Crippen LogP) is 0.558. The lowest BCUT2D eigenvalue weighted by Crippen LogP contribution is -3.14. The summed E-state index contributed by atoms with van der Waals surface area (Å²) in [6, 6.07) is 7.92. The van der Waals surface area contributed by atoms with Crippen molar-refractivity contribution in [2.75, 3.05) is 19.6 Å². The molecular weight excluding hydrogens is 306 g/mol. The Labute approximate surface area is 141 Å². The van der Waals surface area contributed by atoms with Crippen molar-refractivity contribution in [3.8, 4) is 0 Å². The minimum absolute atomic E-state index is 0.0678. The van der Waals surface area contributed by atoms with E-state index in [1.807, 2.05) is 18.2 Å². The number of likely N-dealkylation sites (N-methyl/N-ethyl adjacent to an activating group) is 1. The Balaban J connectivity index is 1.46. The van der Waals surface area contributed by atoms with Gasteiger partial charge in [0.2, 0.25) is 5.91 Å². The number of likely N-dealkylation sites (tertiary alicyclic amines) is 1. The van der Waals surface area contributed by atoms with Crippen molar-refractivity contribution < 1.29 is 14.1 Å². The first-order valence-electron chi connectivity index (χ1n) is 8.88. The minimum atomic E-state index is -0.357. The maximum Gasteiger partial charge on any atom is 0.419 e. The molecule has 1 aromatic carbocycles. The Morgan fingerprint density at radius 1 is 1.42 bits per heavy atom. The highest BCUT2D eigenvalue weighted by atomic mass is 16.4. The van der Waals surface area contributed by atoms with Crippen LogP contribution in [0.1, 0.15) is 32.6 Å². The maximum atomic E-state index is 12.0. The van der Waals surface area contributed by atoms with Crippen LogP contribution in [0.3, 0.4) is 0 Å². The van der Waals surface area contributed by atoms with Gasteiger partial charge in [-0.25, -0.2) is 4.79 Å². The SMILES string of the molecule is CC[NH+]1CCC[C@H]1CNC(=O)CCCn1c(=O)oc2ccccc21. The van der Waals surface area contributed by atoms with Gasteiger partial charge in [0, 0.05) is 25.8 Å². The van der Waals surface area contributed by atoms with E-state index in [1.165, 1.54) is 19.4 Å². The number of aromatic nitrogens is 1. The summed E-state index contributed by atoms with van der Waals surface area (Å²) in [4.78, 5) is 25.5. The van der Waals surface area contributed by atoms with Crippen LogP contribution in [0.5, 0.6) is 0 Å². The van der Waals surface area contributed by atoms with Crippen molar-refractivity contribution in [2.45, 2.75) is 45.2 Å². The molecule has 130 valence electrons. The first kappa shape index (κ1) is 16.8. The van der Waals surface area contributed by atoms with Gasteiger partial charge in [-0.2, -0.15) is 0 Å². The number of benzene rings is 1. The second-order valence-electron chi connectivity index (χ2n) is 6.50. The quantitative estimate of drug-likeness (QED) is 0.778. The van der Waals surface area contributed by atoms with E-state index in [9.17, 15) is 9.59 Å². The fourth-order valence-corrected chi connectivity index (χ4v) is 3.64. The molecule has 1 saturated heterocycles. The number of para-hydroxylation sites is 2. The highest BCUT2D eigenvalue weighted by Crippen LogP contribution is 2.12. The average molecular weight is 332 g/mol. The van der Waals surface area contributed by atoms with E-state index in [0.29, 0.717) is 31.0 Å². The molecule has 2 atom stereocenters. The molecule has 0 aliphatic carbocycles. The molecule has 6 heteroatoms. The van der Waals surface area contributed by atoms with Gasteiger partial charge in [-0.3, -0.25) is 9.36 Å². The Morgan fingerprint density at radius 2 is 2.25 bits per heavy atom. The molecule has 1 aliphatic heterocycles. The monoisotopic (exact) mass is 332 g/mol. The van der Waals surface area contributed by atoms with Gasteiger partial charge in [-0.05, 0) is 25.5 Å². The summed E-state index contributed by atoms with van der Waals surface area (Å²) in [5, 5.41) is 3.05. The van der Waals surface area contributed by atoms with Gasteiger partial charge < -0.3 is 14.6 Å². The highest BCUT2D eigenvalue weighted by Gasteiger charge is 2.26. The number of carbonyl (C=O) groups is 1. The van der Waals surface area contributed by atoms with Crippen LogP contribution in [-0.2, 0) is 11.3 Å². The van der Waals surface area contributed by atoms with Crippen LogP contribution in [0.4, 0.5) is 0 Å².